The lowest BCUT2D eigenvalue weighted by Crippen LogP contribution is -2.16. The van der Waals surface area contributed by atoms with Gasteiger partial charge in [0.25, 0.3) is 5.88 Å². The number of fused-ring (bicyclic) bond motifs is 1. The number of aromatic nitrogens is 4. The molecule has 0 saturated heterocycles. The third kappa shape index (κ3) is 3.38. The predicted molar refractivity (Wildman–Crippen MR) is 120 cm³/mol. The molecule has 0 aromatic carbocycles. The molecule has 0 saturated carbocycles. The van der Waals surface area contributed by atoms with E-state index in [1.807, 2.05) is 45.0 Å². The van der Waals surface area contributed by atoms with Gasteiger partial charge in [-0.2, -0.15) is 5.26 Å². The van der Waals surface area contributed by atoms with Crippen molar-refractivity contribution in [2.75, 3.05) is 14.2 Å². The predicted octanol–water partition coefficient (Wildman–Crippen LogP) is 4.31. The Morgan fingerprint density at radius 3 is 2.56 bits per heavy atom. The fourth-order valence-corrected chi connectivity index (χ4v) is 3.61. The quantitative estimate of drug-likeness (QED) is 0.504. The van der Waals surface area contributed by atoms with Crippen LogP contribution in [0.2, 0.25) is 0 Å². The van der Waals surface area contributed by atoms with E-state index in [0.717, 1.165) is 11.3 Å². The summed E-state index contributed by atoms with van der Waals surface area (Å²) in [7, 11) is 3.09. The number of ether oxygens (including phenoxy) is 2. The molecule has 0 atom stereocenters. The smallest absolute Gasteiger partial charge is 0.256 e. The Labute approximate surface area is 185 Å². The maximum Gasteiger partial charge on any atom is 0.256 e. The van der Waals surface area contributed by atoms with Crippen LogP contribution in [0.5, 0.6) is 17.5 Å². The minimum atomic E-state index is -0.752. The molecule has 0 aliphatic rings. The molecule has 0 aliphatic heterocycles. The van der Waals surface area contributed by atoms with Crippen LogP contribution in [0, 0.1) is 18.3 Å². The second-order valence-electron chi connectivity index (χ2n) is 7.91. The molecule has 0 bridgehead atoms. The zero-order valence-electron chi connectivity index (χ0n) is 18.5. The molecular formula is C24H23N5O3. The molecule has 0 amide bonds. The fraction of sp³-hybridized carbons (Fsp3) is 0.250. The molecule has 8 nitrogen and oxygen atoms in total. The Morgan fingerprint density at radius 1 is 1.09 bits per heavy atom. The molecule has 0 aliphatic carbocycles. The van der Waals surface area contributed by atoms with Gasteiger partial charge < -0.3 is 14.6 Å². The molecule has 4 rings (SSSR count). The van der Waals surface area contributed by atoms with Gasteiger partial charge in [-0.25, -0.2) is 9.97 Å². The highest BCUT2D eigenvalue weighted by molar-refractivity contribution is 5.90. The minimum Gasteiger partial charge on any atom is -0.494 e. The molecule has 0 spiro atoms. The van der Waals surface area contributed by atoms with E-state index in [1.165, 1.54) is 7.11 Å². The van der Waals surface area contributed by atoms with Crippen LogP contribution < -0.4 is 9.47 Å². The van der Waals surface area contributed by atoms with E-state index in [0.29, 0.717) is 39.6 Å². The number of aryl methyl sites for hydroxylation is 1. The monoisotopic (exact) mass is 429 g/mol. The first-order chi connectivity index (χ1) is 15.3. The summed E-state index contributed by atoms with van der Waals surface area (Å²) in [5.41, 5.74) is 3.45. The summed E-state index contributed by atoms with van der Waals surface area (Å²) >= 11 is 0. The third-order valence-electron chi connectivity index (χ3n) is 5.47. The molecule has 0 fully saturated rings. The van der Waals surface area contributed by atoms with Crippen molar-refractivity contribution in [3.05, 3.63) is 54.1 Å². The Hall–Kier alpha value is -4.12. The first-order valence-corrected chi connectivity index (χ1v) is 9.98. The Kier molecular flexibility index (Phi) is 5.18. The molecule has 1 N–H and O–H groups in total. The lowest BCUT2D eigenvalue weighted by atomic mass is 9.90. The zero-order chi connectivity index (χ0) is 23.0. The van der Waals surface area contributed by atoms with E-state index in [-0.39, 0.29) is 5.88 Å². The first kappa shape index (κ1) is 21.1. The van der Waals surface area contributed by atoms with Crippen LogP contribution >= 0.6 is 0 Å². The number of hydrogen-bond donors (Lipinski definition) is 1. The number of hydrogen-bond acceptors (Lipinski definition) is 7. The standard InChI is InChI=1S/C24H23N5O3/c1-14-21-17(6-7-18(28-21)15-10-19(31-4)22(32-5)27-12-15)23(30)29(14)16-8-9-26-20(11-16)24(2,3)13-25/h6-12,30H,1-5H3. The van der Waals surface area contributed by atoms with E-state index in [4.69, 9.17) is 14.5 Å². The summed E-state index contributed by atoms with van der Waals surface area (Å²) in [6, 6.07) is 11.3. The molecule has 32 heavy (non-hydrogen) atoms. The number of rotatable bonds is 5. The van der Waals surface area contributed by atoms with Gasteiger partial charge in [0.15, 0.2) is 5.75 Å². The average molecular weight is 429 g/mol. The zero-order valence-corrected chi connectivity index (χ0v) is 18.5. The highest BCUT2D eigenvalue weighted by Gasteiger charge is 2.23. The SMILES string of the molecule is COc1cc(-c2ccc3c(O)n(-c4ccnc(C(C)(C)C#N)c4)c(C)c3n2)cnc1OC. The summed E-state index contributed by atoms with van der Waals surface area (Å²) < 4.78 is 12.3. The number of pyridine rings is 3. The van der Waals surface area contributed by atoms with Gasteiger partial charge in [-0.3, -0.25) is 9.55 Å². The number of nitriles is 1. The van der Waals surface area contributed by atoms with Gasteiger partial charge in [-0.1, -0.05) is 0 Å². The topological polar surface area (TPSA) is 106 Å². The van der Waals surface area contributed by atoms with E-state index in [1.54, 1.807) is 30.1 Å². The van der Waals surface area contributed by atoms with Crippen LogP contribution in [0.15, 0.2) is 42.7 Å². The molecule has 8 heteroatoms. The van der Waals surface area contributed by atoms with E-state index in [9.17, 15) is 10.4 Å². The fourth-order valence-electron chi connectivity index (χ4n) is 3.61. The number of aromatic hydroxyl groups is 1. The van der Waals surface area contributed by atoms with Crippen molar-refractivity contribution in [1.82, 2.24) is 19.5 Å². The maximum atomic E-state index is 11.0. The second kappa shape index (κ2) is 7.85. The van der Waals surface area contributed by atoms with E-state index < -0.39 is 5.41 Å². The van der Waals surface area contributed by atoms with Crippen molar-refractivity contribution in [1.29, 1.82) is 5.26 Å². The third-order valence-corrected chi connectivity index (χ3v) is 5.47. The lowest BCUT2D eigenvalue weighted by Gasteiger charge is -2.16. The molecule has 4 aromatic rings. The van der Waals surface area contributed by atoms with Gasteiger partial charge in [-0.05, 0) is 51.1 Å². The Morgan fingerprint density at radius 2 is 1.88 bits per heavy atom. The van der Waals surface area contributed by atoms with Gasteiger partial charge in [0.1, 0.15) is 0 Å². The van der Waals surface area contributed by atoms with Crippen LogP contribution in [0.4, 0.5) is 0 Å². The van der Waals surface area contributed by atoms with Crippen molar-refractivity contribution < 1.29 is 14.6 Å². The lowest BCUT2D eigenvalue weighted by molar-refractivity contribution is 0.343. The van der Waals surface area contributed by atoms with Crippen molar-refractivity contribution in [3.8, 4) is 40.5 Å². The van der Waals surface area contributed by atoms with Crippen molar-refractivity contribution in [3.63, 3.8) is 0 Å². The van der Waals surface area contributed by atoms with Gasteiger partial charge in [-0.15, -0.1) is 0 Å². The van der Waals surface area contributed by atoms with Crippen LogP contribution in [0.25, 0.3) is 27.8 Å². The van der Waals surface area contributed by atoms with Gasteiger partial charge in [0.2, 0.25) is 5.88 Å². The van der Waals surface area contributed by atoms with Crippen LogP contribution in [-0.2, 0) is 5.41 Å². The van der Waals surface area contributed by atoms with Crippen LogP contribution in [0.3, 0.4) is 0 Å². The summed E-state index contributed by atoms with van der Waals surface area (Å²) in [6.07, 6.45) is 3.31. The molecule has 0 unspecified atom stereocenters. The van der Waals surface area contributed by atoms with E-state index in [2.05, 4.69) is 16.0 Å². The van der Waals surface area contributed by atoms with Crippen molar-refractivity contribution >= 4 is 10.9 Å². The average Bonchev–Trinajstić information content (AvgIpc) is 3.07. The number of nitrogens with zero attached hydrogens (tertiary/aromatic N) is 5. The van der Waals surface area contributed by atoms with Gasteiger partial charge >= 0.3 is 0 Å². The molecule has 162 valence electrons. The molecule has 4 heterocycles. The molecular weight excluding hydrogens is 406 g/mol. The Bertz CT molecular complexity index is 1370. The summed E-state index contributed by atoms with van der Waals surface area (Å²) in [5.74, 6) is 0.980. The normalized spacial score (nSPS) is 11.4. The van der Waals surface area contributed by atoms with Crippen LogP contribution in [0.1, 0.15) is 25.2 Å². The Balaban J connectivity index is 1.86. The largest absolute Gasteiger partial charge is 0.494 e. The highest BCUT2D eigenvalue weighted by Crippen LogP contribution is 2.36. The van der Waals surface area contributed by atoms with Crippen molar-refractivity contribution in [2.24, 2.45) is 0 Å². The van der Waals surface area contributed by atoms with Gasteiger partial charge in [0, 0.05) is 23.7 Å². The summed E-state index contributed by atoms with van der Waals surface area (Å²) in [6.45, 7) is 5.51. The summed E-state index contributed by atoms with van der Waals surface area (Å²) in [4.78, 5) is 13.4. The molecule has 0 radical (unpaired) electrons. The van der Waals surface area contributed by atoms with Crippen molar-refractivity contribution in [2.45, 2.75) is 26.2 Å². The summed E-state index contributed by atoms with van der Waals surface area (Å²) in [5, 5.41) is 21.1. The minimum absolute atomic E-state index is 0.0777. The van der Waals surface area contributed by atoms with Crippen LogP contribution in [-0.4, -0.2) is 38.8 Å². The van der Waals surface area contributed by atoms with E-state index >= 15 is 0 Å². The highest BCUT2D eigenvalue weighted by atomic mass is 16.5. The first-order valence-electron chi connectivity index (χ1n) is 9.98. The van der Waals surface area contributed by atoms with Gasteiger partial charge in [0.05, 0.1) is 53.7 Å². The second-order valence-corrected chi connectivity index (χ2v) is 7.91. The maximum absolute atomic E-state index is 11.0. The number of methoxy groups -OCH3 is 2. The molecule has 4 aromatic heterocycles.